The lowest BCUT2D eigenvalue weighted by atomic mass is 10.2. The maximum absolute atomic E-state index is 12.3. The molecule has 12 heteroatoms. The van der Waals surface area contributed by atoms with Gasteiger partial charge in [0.15, 0.2) is 5.69 Å². The van der Waals surface area contributed by atoms with Gasteiger partial charge in [0, 0.05) is 23.9 Å². The smallest absolute Gasteiger partial charge is 0.406 e. The SMILES string of the molecule is N#Cc1nn(-c2c(Cl)cc(OC(F)(F)F)cc2Cl)cc1C(Br)=C(Br)Br. The summed E-state index contributed by atoms with van der Waals surface area (Å²) in [6, 6.07) is 3.81. The third-order valence-electron chi connectivity index (χ3n) is 2.68. The minimum atomic E-state index is -4.88. The molecule has 0 bridgehead atoms. The molecule has 2 aromatic rings. The Bertz CT molecular complexity index is 879. The fraction of sp³-hybridized carbons (Fsp3) is 0.0769. The van der Waals surface area contributed by atoms with Crippen LogP contribution in [0.3, 0.4) is 0 Å². The topological polar surface area (TPSA) is 50.8 Å². The number of hydrogen-bond donors (Lipinski definition) is 0. The Morgan fingerprint density at radius 3 is 2.20 bits per heavy atom. The molecule has 1 heterocycles. The monoisotopic (exact) mass is 581 g/mol. The van der Waals surface area contributed by atoms with E-state index in [1.807, 2.05) is 6.07 Å². The van der Waals surface area contributed by atoms with Crippen molar-refractivity contribution in [3.63, 3.8) is 0 Å². The van der Waals surface area contributed by atoms with Crippen LogP contribution >= 0.6 is 71.0 Å². The molecule has 0 saturated heterocycles. The Kier molecular flexibility index (Phi) is 6.49. The number of nitriles is 1. The molecule has 1 aromatic heterocycles. The van der Waals surface area contributed by atoms with Crippen LogP contribution < -0.4 is 4.74 Å². The van der Waals surface area contributed by atoms with Crippen LogP contribution in [0, 0.1) is 11.3 Å². The van der Waals surface area contributed by atoms with Crippen LogP contribution in [0.4, 0.5) is 13.2 Å². The van der Waals surface area contributed by atoms with Crippen LogP contribution in [0.1, 0.15) is 11.3 Å². The summed E-state index contributed by atoms with van der Waals surface area (Å²) in [5, 5.41) is 13.0. The standard InChI is InChI=1S/C13H3Br3Cl2F3N3O/c14-10(12(15)16)6-4-24(23-9(6)3-22)11-7(17)1-5(2-8(11)18)25-13(19,20)21/h1-2,4H. The maximum Gasteiger partial charge on any atom is 0.573 e. The Morgan fingerprint density at radius 1 is 1.20 bits per heavy atom. The van der Waals surface area contributed by atoms with Crippen LogP contribution in [0.25, 0.3) is 10.2 Å². The van der Waals surface area contributed by atoms with E-state index in [0.29, 0.717) is 13.4 Å². The minimum Gasteiger partial charge on any atom is -0.406 e. The van der Waals surface area contributed by atoms with E-state index in [2.05, 4.69) is 57.6 Å². The predicted octanol–water partition coefficient (Wildman–Crippen LogP) is 6.76. The molecule has 0 N–H and O–H groups in total. The first-order chi connectivity index (χ1) is 11.5. The third kappa shape index (κ3) is 4.92. The molecule has 0 unspecified atom stereocenters. The number of hydrogen-bond acceptors (Lipinski definition) is 3. The number of nitrogens with zero attached hydrogens (tertiary/aromatic N) is 3. The number of rotatable bonds is 3. The van der Waals surface area contributed by atoms with E-state index >= 15 is 0 Å². The van der Waals surface area contributed by atoms with Gasteiger partial charge in [0.1, 0.15) is 17.5 Å². The summed E-state index contributed by atoms with van der Waals surface area (Å²) in [6.45, 7) is 0. The van der Waals surface area contributed by atoms with Gasteiger partial charge >= 0.3 is 6.36 Å². The Morgan fingerprint density at radius 2 is 1.76 bits per heavy atom. The van der Waals surface area contributed by atoms with Gasteiger partial charge in [0.05, 0.1) is 17.9 Å². The van der Waals surface area contributed by atoms with Crippen molar-refractivity contribution in [1.29, 1.82) is 5.26 Å². The van der Waals surface area contributed by atoms with E-state index in [1.54, 1.807) is 0 Å². The van der Waals surface area contributed by atoms with Crippen LogP contribution in [0.2, 0.25) is 10.0 Å². The molecule has 1 aromatic carbocycles. The van der Waals surface area contributed by atoms with E-state index in [1.165, 1.54) is 10.9 Å². The average molecular weight is 585 g/mol. The summed E-state index contributed by atoms with van der Waals surface area (Å²) < 4.78 is 43.0. The molecule has 0 aliphatic heterocycles. The van der Waals surface area contributed by atoms with E-state index in [9.17, 15) is 18.4 Å². The van der Waals surface area contributed by atoms with Gasteiger partial charge in [-0.3, -0.25) is 0 Å². The highest BCUT2D eigenvalue weighted by Crippen LogP contribution is 2.38. The lowest BCUT2D eigenvalue weighted by molar-refractivity contribution is -0.274. The van der Waals surface area contributed by atoms with E-state index < -0.39 is 12.1 Å². The second-order valence-electron chi connectivity index (χ2n) is 4.31. The Labute approximate surface area is 174 Å². The van der Waals surface area contributed by atoms with Crippen molar-refractivity contribution < 1.29 is 17.9 Å². The molecular weight excluding hydrogens is 582 g/mol. The fourth-order valence-electron chi connectivity index (χ4n) is 1.79. The minimum absolute atomic E-state index is 0.0472. The molecule has 2 rings (SSSR count). The van der Waals surface area contributed by atoms with Gasteiger partial charge in [-0.2, -0.15) is 10.4 Å². The van der Waals surface area contributed by atoms with Crippen molar-refractivity contribution >= 4 is 75.5 Å². The Hall–Kier alpha value is -0.730. The van der Waals surface area contributed by atoms with Gasteiger partial charge in [-0.05, 0) is 47.8 Å². The van der Waals surface area contributed by atoms with Gasteiger partial charge in [-0.1, -0.05) is 23.2 Å². The number of alkyl halides is 3. The fourth-order valence-corrected chi connectivity index (χ4v) is 3.14. The van der Waals surface area contributed by atoms with E-state index in [4.69, 9.17) is 23.2 Å². The zero-order chi connectivity index (χ0) is 18.9. The summed E-state index contributed by atoms with van der Waals surface area (Å²) in [7, 11) is 0. The van der Waals surface area contributed by atoms with Crippen molar-refractivity contribution in [2.24, 2.45) is 0 Å². The first-order valence-electron chi connectivity index (χ1n) is 5.99. The van der Waals surface area contributed by atoms with Gasteiger partial charge in [0.25, 0.3) is 0 Å². The lowest BCUT2D eigenvalue weighted by Gasteiger charge is -2.12. The summed E-state index contributed by atoms with van der Waals surface area (Å²) in [4.78, 5) is 0. The van der Waals surface area contributed by atoms with Crippen LogP contribution in [0.5, 0.6) is 5.75 Å². The predicted molar refractivity (Wildman–Crippen MR) is 98.7 cm³/mol. The van der Waals surface area contributed by atoms with Gasteiger partial charge < -0.3 is 4.74 Å². The molecule has 0 aliphatic rings. The second kappa shape index (κ2) is 7.88. The van der Waals surface area contributed by atoms with E-state index in [0.717, 1.165) is 12.1 Å². The molecule has 0 aliphatic carbocycles. The summed E-state index contributed by atoms with van der Waals surface area (Å²) >= 11 is 21.7. The summed E-state index contributed by atoms with van der Waals surface area (Å²) in [5.41, 5.74) is 0.562. The number of aromatic nitrogens is 2. The van der Waals surface area contributed by atoms with Gasteiger partial charge in [-0.15, -0.1) is 13.2 Å². The first-order valence-corrected chi connectivity index (χ1v) is 9.13. The Balaban J connectivity index is 2.57. The molecule has 0 radical (unpaired) electrons. The quantitative estimate of drug-likeness (QED) is 0.401. The van der Waals surface area contributed by atoms with Crippen molar-refractivity contribution in [3.8, 4) is 17.5 Å². The highest BCUT2D eigenvalue weighted by molar-refractivity contribution is 9.29. The van der Waals surface area contributed by atoms with Crippen LogP contribution in [-0.2, 0) is 0 Å². The summed E-state index contributed by atoms with van der Waals surface area (Å²) in [6.07, 6.45) is -3.43. The van der Waals surface area contributed by atoms with E-state index in [-0.39, 0.29) is 21.4 Å². The van der Waals surface area contributed by atoms with Crippen molar-refractivity contribution in [2.75, 3.05) is 0 Å². The molecule has 132 valence electrons. The second-order valence-corrected chi connectivity index (χ2v) is 8.56. The molecular formula is C13H3Br3Cl2F3N3O. The molecule has 0 fully saturated rings. The molecule has 0 amide bonds. The number of ether oxygens (including phenoxy) is 1. The molecule has 0 saturated carbocycles. The first kappa shape index (κ1) is 20.6. The largest absolute Gasteiger partial charge is 0.573 e. The molecule has 0 spiro atoms. The highest BCUT2D eigenvalue weighted by Gasteiger charge is 2.32. The zero-order valence-corrected chi connectivity index (χ0v) is 17.8. The third-order valence-corrected chi connectivity index (χ3v) is 5.93. The average Bonchev–Trinajstić information content (AvgIpc) is 2.87. The lowest BCUT2D eigenvalue weighted by Crippen LogP contribution is -2.17. The number of halogens is 8. The van der Waals surface area contributed by atoms with Crippen LogP contribution in [0.15, 0.2) is 21.7 Å². The van der Waals surface area contributed by atoms with Crippen molar-refractivity contribution in [2.45, 2.75) is 6.36 Å². The van der Waals surface area contributed by atoms with Crippen molar-refractivity contribution in [1.82, 2.24) is 9.78 Å². The normalized spacial score (nSPS) is 11.2. The molecule has 25 heavy (non-hydrogen) atoms. The number of benzene rings is 1. The summed E-state index contributed by atoms with van der Waals surface area (Å²) in [5.74, 6) is -0.566. The molecule has 0 atom stereocenters. The van der Waals surface area contributed by atoms with Gasteiger partial charge in [0.2, 0.25) is 0 Å². The highest BCUT2D eigenvalue weighted by atomic mass is 79.9. The molecule has 4 nitrogen and oxygen atoms in total. The van der Waals surface area contributed by atoms with Crippen molar-refractivity contribution in [3.05, 3.63) is 43.0 Å². The maximum atomic E-state index is 12.3. The zero-order valence-electron chi connectivity index (χ0n) is 11.5. The van der Waals surface area contributed by atoms with Crippen LogP contribution in [-0.4, -0.2) is 16.1 Å². The van der Waals surface area contributed by atoms with Gasteiger partial charge in [-0.25, -0.2) is 4.68 Å².